The number of likely N-dealkylation sites (tertiary alicyclic amines) is 1. The number of pyridine rings is 1. The molecule has 0 spiro atoms. The Kier molecular flexibility index (Phi) is 6.44. The topological polar surface area (TPSA) is 51.7 Å². The van der Waals surface area contributed by atoms with Crippen molar-refractivity contribution in [2.75, 3.05) is 20.2 Å². The summed E-state index contributed by atoms with van der Waals surface area (Å²) < 4.78 is 11.6. The van der Waals surface area contributed by atoms with Crippen LogP contribution in [0.4, 0.5) is 4.79 Å². The maximum Gasteiger partial charge on any atom is 0.410 e. The van der Waals surface area contributed by atoms with Crippen molar-refractivity contribution in [1.29, 1.82) is 0 Å². The van der Waals surface area contributed by atoms with E-state index in [1.807, 2.05) is 50.1 Å². The zero-order chi connectivity index (χ0) is 23.6. The van der Waals surface area contributed by atoms with Gasteiger partial charge in [0.2, 0.25) is 0 Å². The predicted molar refractivity (Wildman–Crippen MR) is 132 cm³/mol. The highest BCUT2D eigenvalue weighted by atomic mass is 16.6. The van der Waals surface area contributed by atoms with Crippen LogP contribution in [0.25, 0.3) is 22.0 Å². The van der Waals surface area contributed by atoms with Crippen LogP contribution < -0.4 is 0 Å². The van der Waals surface area contributed by atoms with Gasteiger partial charge in [0.15, 0.2) is 0 Å². The largest absolute Gasteiger partial charge is 0.444 e. The van der Waals surface area contributed by atoms with E-state index < -0.39 is 11.2 Å². The fraction of sp³-hybridized carbons (Fsp3) is 0.429. The first-order chi connectivity index (χ1) is 15.7. The van der Waals surface area contributed by atoms with Gasteiger partial charge >= 0.3 is 6.09 Å². The summed E-state index contributed by atoms with van der Waals surface area (Å²) >= 11 is 0. The molecule has 0 N–H and O–H groups in total. The molecule has 1 amide bonds. The zero-order valence-electron chi connectivity index (χ0n) is 20.3. The van der Waals surface area contributed by atoms with Crippen LogP contribution in [0.5, 0.6) is 0 Å². The molecule has 1 aliphatic rings. The van der Waals surface area contributed by atoms with E-state index in [0.717, 1.165) is 40.4 Å². The molecule has 4 rings (SSSR count). The van der Waals surface area contributed by atoms with Gasteiger partial charge in [-0.15, -0.1) is 0 Å². The van der Waals surface area contributed by atoms with Crippen LogP contribution >= 0.6 is 0 Å². The Morgan fingerprint density at radius 3 is 2.27 bits per heavy atom. The molecular formula is C28H34N2O3. The minimum atomic E-state index is -0.475. The van der Waals surface area contributed by atoms with Gasteiger partial charge in [0.1, 0.15) is 5.60 Å². The van der Waals surface area contributed by atoms with Crippen LogP contribution in [0.3, 0.4) is 0 Å². The summed E-state index contributed by atoms with van der Waals surface area (Å²) in [6, 6.07) is 19.0. The predicted octanol–water partition coefficient (Wildman–Crippen LogP) is 6.41. The number of ether oxygens (including phenoxy) is 2. The Labute approximate surface area is 196 Å². The van der Waals surface area contributed by atoms with E-state index in [0.29, 0.717) is 19.0 Å². The lowest BCUT2D eigenvalue weighted by Crippen LogP contribution is -2.46. The highest BCUT2D eigenvalue weighted by molar-refractivity contribution is 5.83. The number of carbonyl (C=O) groups excluding carboxylic acids is 1. The second-order valence-corrected chi connectivity index (χ2v) is 10.0. The van der Waals surface area contributed by atoms with Crippen molar-refractivity contribution >= 4 is 17.0 Å². The fourth-order valence-corrected chi connectivity index (χ4v) is 4.68. The highest BCUT2D eigenvalue weighted by Gasteiger charge is 2.39. The Bertz CT molecular complexity index is 1110. The third-order valence-corrected chi connectivity index (χ3v) is 6.73. The average Bonchev–Trinajstić information content (AvgIpc) is 2.82. The van der Waals surface area contributed by atoms with E-state index in [9.17, 15) is 4.79 Å². The van der Waals surface area contributed by atoms with Crippen molar-refractivity contribution in [3.63, 3.8) is 0 Å². The number of nitrogens with zero attached hydrogens (tertiary/aromatic N) is 2. The van der Waals surface area contributed by atoms with Gasteiger partial charge in [-0.2, -0.15) is 0 Å². The quantitative estimate of drug-likeness (QED) is 0.465. The van der Waals surface area contributed by atoms with Crippen LogP contribution in [0.2, 0.25) is 0 Å². The molecule has 1 aromatic heterocycles. The summed E-state index contributed by atoms with van der Waals surface area (Å²) in [6.45, 7) is 9.22. The van der Waals surface area contributed by atoms with E-state index in [2.05, 4.69) is 48.3 Å². The molecule has 0 radical (unpaired) electrons. The summed E-state index contributed by atoms with van der Waals surface area (Å²) in [5.41, 5.74) is 3.50. The molecule has 1 unspecified atom stereocenters. The van der Waals surface area contributed by atoms with Crippen molar-refractivity contribution in [3.8, 4) is 11.1 Å². The fourth-order valence-electron chi connectivity index (χ4n) is 4.68. The van der Waals surface area contributed by atoms with Gasteiger partial charge in [0.25, 0.3) is 0 Å². The lowest BCUT2D eigenvalue weighted by molar-refractivity contribution is -0.0697. The van der Waals surface area contributed by atoms with E-state index >= 15 is 0 Å². The van der Waals surface area contributed by atoms with E-state index in [4.69, 9.17) is 9.47 Å². The summed E-state index contributed by atoms with van der Waals surface area (Å²) in [5, 5.41) is 1.14. The van der Waals surface area contributed by atoms with Crippen molar-refractivity contribution in [2.45, 2.75) is 51.7 Å². The lowest BCUT2D eigenvalue weighted by Gasteiger charge is -2.42. The van der Waals surface area contributed by atoms with Crippen molar-refractivity contribution in [3.05, 3.63) is 66.4 Å². The molecule has 2 aromatic carbocycles. The third kappa shape index (κ3) is 5.03. The Morgan fingerprint density at radius 1 is 0.970 bits per heavy atom. The van der Waals surface area contributed by atoms with Crippen LogP contribution in [0.1, 0.15) is 46.1 Å². The molecule has 1 aliphatic heterocycles. The number of benzene rings is 2. The Morgan fingerprint density at radius 2 is 1.64 bits per heavy atom. The molecule has 1 fully saturated rings. The van der Waals surface area contributed by atoms with Gasteiger partial charge in [-0.3, -0.25) is 4.98 Å². The van der Waals surface area contributed by atoms with Gasteiger partial charge < -0.3 is 14.4 Å². The number of hydrogen-bond donors (Lipinski definition) is 0. The van der Waals surface area contributed by atoms with Crippen molar-refractivity contribution < 1.29 is 14.3 Å². The molecule has 5 nitrogen and oxygen atoms in total. The van der Waals surface area contributed by atoms with Crippen LogP contribution in [0.15, 0.2) is 60.8 Å². The molecule has 0 bridgehead atoms. The van der Waals surface area contributed by atoms with Gasteiger partial charge in [0.05, 0.1) is 11.1 Å². The van der Waals surface area contributed by atoms with E-state index in [1.165, 1.54) is 0 Å². The molecule has 33 heavy (non-hydrogen) atoms. The first kappa shape index (κ1) is 23.2. The smallest absolute Gasteiger partial charge is 0.410 e. The number of hydrogen-bond acceptors (Lipinski definition) is 4. The summed E-state index contributed by atoms with van der Waals surface area (Å²) in [7, 11) is 1.78. The van der Waals surface area contributed by atoms with Crippen molar-refractivity contribution in [2.24, 2.45) is 5.92 Å². The van der Waals surface area contributed by atoms with Crippen LogP contribution in [-0.2, 0) is 15.1 Å². The summed E-state index contributed by atoms with van der Waals surface area (Å²) in [4.78, 5) is 18.8. The minimum absolute atomic E-state index is 0.228. The molecule has 5 heteroatoms. The molecule has 174 valence electrons. The first-order valence-electron chi connectivity index (χ1n) is 11.7. The molecule has 2 heterocycles. The minimum Gasteiger partial charge on any atom is -0.444 e. The molecule has 0 saturated carbocycles. The van der Waals surface area contributed by atoms with Gasteiger partial charge in [-0.05, 0) is 69.7 Å². The number of methoxy groups -OCH3 is 1. The maximum absolute atomic E-state index is 12.4. The Hall–Kier alpha value is -2.92. The number of fused-ring (bicyclic) bond motifs is 1. The average molecular weight is 447 g/mol. The standard InChI is InChI=1S/C28H34N2O3/c1-27(2,3)33-26(31)30-16-14-24(15-17-30)28(4,32-5)23-12-10-20(11-13-23)22-18-21-8-6-7-9-25(21)29-19-22/h6-13,18-19,24H,14-17H2,1-5H3. The number of para-hydroxylation sites is 1. The second kappa shape index (κ2) is 9.14. The molecular weight excluding hydrogens is 412 g/mol. The van der Waals surface area contributed by atoms with E-state index in [-0.39, 0.29) is 6.09 Å². The lowest BCUT2D eigenvalue weighted by atomic mass is 9.77. The van der Waals surface area contributed by atoms with Crippen LogP contribution in [0, 0.1) is 5.92 Å². The molecule has 3 aromatic rings. The second-order valence-electron chi connectivity index (χ2n) is 10.0. The molecule has 1 atom stereocenters. The Balaban J connectivity index is 1.48. The molecule has 1 saturated heterocycles. The van der Waals surface area contributed by atoms with Crippen LogP contribution in [-0.4, -0.2) is 41.8 Å². The number of piperidine rings is 1. The van der Waals surface area contributed by atoms with Gasteiger partial charge in [-0.1, -0.05) is 42.5 Å². The number of aromatic nitrogens is 1. The van der Waals surface area contributed by atoms with Gasteiger partial charge in [0, 0.05) is 37.3 Å². The zero-order valence-corrected chi connectivity index (χ0v) is 20.3. The number of rotatable bonds is 4. The molecule has 0 aliphatic carbocycles. The third-order valence-electron chi connectivity index (χ3n) is 6.73. The maximum atomic E-state index is 12.4. The number of amides is 1. The van der Waals surface area contributed by atoms with Crippen molar-refractivity contribution in [1.82, 2.24) is 9.88 Å². The normalized spacial score (nSPS) is 17.1. The van der Waals surface area contributed by atoms with E-state index in [1.54, 1.807) is 7.11 Å². The first-order valence-corrected chi connectivity index (χ1v) is 11.7. The SMILES string of the molecule is COC(C)(c1ccc(-c2cnc3ccccc3c2)cc1)C1CCN(C(=O)OC(C)(C)C)CC1. The summed E-state index contributed by atoms with van der Waals surface area (Å²) in [6.07, 6.45) is 3.45. The highest BCUT2D eigenvalue weighted by Crippen LogP contribution is 2.40. The monoisotopic (exact) mass is 446 g/mol. The van der Waals surface area contributed by atoms with Gasteiger partial charge in [-0.25, -0.2) is 4.79 Å². The summed E-state index contributed by atoms with van der Waals surface area (Å²) in [5.74, 6) is 0.314. The number of carbonyl (C=O) groups is 1.